The van der Waals surface area contributed by atoms with Crippen LogP contribution >= 0.6 is 0 Å². The van der Waals surface area contributed by atoms with Gasteiger partial charge in [-0.1, -0.05) is 30.3 Å². The number of carbonyl (C=O) groups excluding carboxylic acids is 2. The quantitative estimate of drug-likeness (QED) is 0.836. The maximum absolute atomic E-state index is 11.8. The van der Waals surface area contributed by atoms with Gasteiger partial charge in [-0.15, -0.1) is 0 Å². The van der Waals surface area contributed by atoms with Gasteiger partial charge in [0.1, 0.15) is 11.8 Å². The van der Waals surface area contributed by atoms with Crippen LogP contribution in [-0.2, 0) is 15.9 Å². The average Bonchev–Trinajstić information content (AvgIpc) is 2.37. The van der Waals surface area contributed by atoms with Crippen molar-refractivity contribution in [3.05, 3.63) is 35.9 Å². The van der Waals surface area contributed by atoms with Gasteiger partial charge >= 0.3 is 12.2 Å². The van der Waals surface area contributed by atoms with Gasteiger partial charge in [-0.05, 0) is 26.3 Å². The molecule has 21 heavy (non-hydrogen) atoms. The number of ether oxygens (including phenoxy) is 2. The van der Waals surface area contributed by atoms with Gasteiger partial charge in [0, 0.05) is 6.42 Å². The number of carbonyl (C=O) groups is 2. The van der Waals surface area contributed by atoms with Crippen molar-refractivity contribution >= 4 is 12.2 Å². The van der Waals surface area contributed by atoms with Gasteiger partial charge in [0.25, 0.3) is 0 Å². The zero-order valence-electron chi connectivity index (χ0n) is 12.8. The number of rotatable bonds is 4. The van der Waals surface area contributed by atoms with Crippen molar-refractivity contribution in [1.29, 1.82) is 0 Å². The summed E-state index contributed by atoms with van der Waals surface area (Å²) in [6, 6.07) is 9.48. The van der Waals surface area contributed by atoms with Crippen LogP contribution in [0.5, 0.6) is 0 Å². The molecule has 1 aromatic rings. The highest BCUT2D eigenvalue weighted by molar-refractivity contribution is 5.71. The summed E-state index contributed by atoms with van der Waals surface area (Å²) in [5.41, 5.74) is 0.363. The summed E-state index contributed by atoms with van der Waals surface area (Å²) >= 11 is 0. The fourth-order valence-electron chi connectivity index (χ4n) is 1.64. The Balaban J connectivity index is 2.68. The summed E-state index contributed by atoms with van der Waals surface area (Å²) in [6.45, 7) is 5.31. The molecule has 6 nitrogen and oxygen atoms in total. The van der Waals surface area contributed by atoms with E-state index >= 15 is 0 Å². The van der Waals surface area contributed by atoms with Gasteiger partial charge < -0.3 is 20.1 Å². The minimum atomic E-state index is -0.619. The fraction of sp³-hybridized carbons (Fsp3) is 0.467. The SMILES string of the molecule is COC(=O)NC(Cc1ccccc1)NC(=O)OC(C)(C)C. The van der Waals surface area contributed by atoms with E-state index in [-0.39, 0.29) is 0 Å². The normalized spacial score (nSPS) is 12.2. The molecule has 0 aliphatic rings. The van der Waals surface area contributed by atoms with Crippen LogP contribution in [0.1, 0.15) is 26.3 Å². The van der Waals surface area contributed by atoms with Crippen molar-refractivity contribution in [2.45, 2.75) is 39.0 Å². The Kier molecular flexibility index (Phi) is 6.02. The predicted molar refractivity (Wildman–Crippen MR) is 78.8 cm³/mol. The number of nitrogens with one attached hydrogen (secondary N) is 2. The molecule has 1 unspecified atom stereocenters. The third-order valence-electron chi connectivity index (χ3n) is 2.45. The minimum absolute atomic E-state index is 0.426. The van der Waals surface area contributed by atoms with Crippen LogP contribution in [-0.4, -0.2) is 31.1 Å². The van der Waals surface area contributed by atoms with Gasteiger partial charge in [-0.25, -0.2) is 9.59 Å². The van der Waals surface area contributed by atoms with Crippen LogP contribution in [0.3, 0.4) is 0 Å². The molecular formula is C15H22N2O4. The molecular weight excluding hydrogens is 272 g/mol. The third kappa shape index (κ3) is 7.20. The van der Waals surface area contributed by atoms with E-state index in [4.69, 9.17) is 4.74 Å². The van der Waals surface area contributed by atoms with Crippen LogP contribution < -0.4 is 10.6 Å². The van der Waals surface area contributed by atoms with Crippen LogP contribution in [0.4, 0.5) is 9.59 Å². The van der Waals surface area contributed by atoms with Crippen LogP contribution in [0.2, 0.25) is 0 Å². The highest BCUT2D eigenvalue weighted by Gasteiger charge is 2.21. The van der Waals surface area contributed by atoms with Crippen molar-refractivity contribution in [2.24, 2.45) is 0 Å². The van der Waals surface area contributed by atoms with Gasteiger partial charge in [0.15, 0.2) is 0 Å². The Morgan fingerprint density at radius 1 is 1.10 bits per heavy atom. The van der Waals surface area contributed by atoms with Crippen molar-refractivity contribution < 1.29 is 19.1 Å². The average molecular weight is 294 g/mol. The number of benzene rings is 1. The largest absolute Gasteiger partial charge is 0.453 e. The molecule has 116 valence electrons. The molecule has 1 rings (SSSR count). The predicted octanol–water partition coefficient (Wildman–Crippen LogP) is 2.44. The molecule has 0 fully saturated rings. The standard InChI is InChI=1S/C15H22N2O4/c1-15(2,3)21-14(19)17-12(16-13(18)20-4)10-11-8-6-5-7-9-11/h5-9,12H,10H2,1-4H3,(H,16,18)(H,17,19). The summed E-state index contributed by atoms with van der Waals surface area (Å²) in [5.74, 6) is 0. The molecule has 0 heterocycles. The fourth-order valence-corrected chi connectivity index (χ4v) is 1.64. The number of alkyl carbamates (subject to hydrolysis) is 2. The molecule has 0 saturated carbocycles. The first kappa shape index (κ1) is 16.8. The molecule has 1 aromatic carbocycles. The monoisotopic (exact) mass is 294 g/mol. The van der Waals surface area contributed by atoms with Gasteiger partial charge in [-0.2, -0.15) is 0 Å². The Bertz CT molecular complexity index is 468. The van der Waals surface area contributed by atoms with E-state index < -0.39 is 24.0 Å². The number of amides is 2. The Hall–Kier alpha value is -2.24. The highest BCUT2D eigenvalue weighted by atomic mass is 16.6. The number of hydrogen-bond donors (Lipinski definition) is 2. The summed E-state index contributed by atoms with van der Waals surface area (Å²) in [6.07, 6.45) is -1.41. The molecule has 6 heteroatoms. The first-order valence-electron chi connectivity index (χ1n) is 6.68. The van der Waals surface area contributed by atoms with E-state index in [2.05, 4.69) is 15.4 Å². The zero-order valence-corrected chi connectivity index (χ0v) is 12.8. The maximum atomic E-state index is 11.8. The Morgan fingerprint density at radius 3 is 2.19 bits per heavy atom. The second kappa shape index (κ2) is 7.52. The lowest BCUT2D eigenvalue weighted by atomic mass is 10.1. The molecule has 0 spiro atoms. The zero-order chi connectivity index (χ0) is 15.9. The highest BCUT2D eigenvalue weighted by Crippen LogP contribution is 2.08. The van der Waals surface area contributed by atoms with Crippen LogP contribution in [0.15, 0.2) is 30.3 Å². The molecule has 2 amide bonds. The van der Waals surface area contributed by atoms with Crippen LogP contribution in [0.25, 0.3) is 0 Å². The third-order valence-corrected chi connectivity index (χ3v) is 2.45. The molecule has 1 atom stereocenters. The maximum Gasteiger partial charge on any atom is 0.409 e. The summed E-state index contributed by atoms with van der Waals surface area (Å²) in [5, 5.41) is 5.17. The molecule has 0 aromatic heterocycles. The van der Waals surface area contributed by atoms with E-state index in [0.29, 0.717) is 6.42 Å². The lowest BCUT2D eigenvalue weighted by molar-refractivity contribution is 0.0494. The summed E-state index contributed by atoms with van der Waals surface area (Å²) in [4.78, 5) is 23.2. The van der Waals surface area contributed by atoms with Gasteiger partial charge in [-0.3, -0.25) is 0 Å². The second-order valence-electron chi connectivity index (χ2n) is 5.52. The molecule has 0 aliphatic heterocycles. The molecule has 0 saturated heterocycles. The molecule has 0 bridgehead atoms. The number of methoxy groups -OCH3 is 1. The lowest BCUT2D eigenvalue weighted by Crippen LogP contribution is -2.50. The lowest BCUT2D eigenvalue weighted by Gasteiger charge is -2.24. The van der Waals surface area contributed by atoms with E-state index in [1.54, 1.807) is 20.8 Å². The van der Waals surface area contributed by atoms with E-state index in [1.165, 1.54) is 7.11 Å². The number of hydrogen-bond acceptors (Lipinski definition) is 4. The van der Waals surface area contributed by atoms with Gasteiger partial charge in [0.05, 0.1) is 7.11 Å². The minimum Gasteiger partial charge on any atom is -0.453 e. The Morgan fingerprint density at radius 2 is 1.67 bits per heavy atom. The van der Waals surface area contributed by atoms with Crippen molar-refractivity contribution in [3.63, 3.8) is 0 Å². The van der Waals surface area contributed by atoms with Gasteiger partial charge in [0.2, 0.25) is 0 Å². The van der Waals surface area contributed by atoms with E-state index in [9.17, 15) is 9.59 Å². The molecule has 0 aliphatic carbocycles. The van der Waals surface area contributed by atoms with Crippen molar-refractivity contribution in [3.8, 4) is 0 Å². The molecule has 2 N–H and O–H groups in total. The topological polar surface area (TPSA) is 76.7 Å². The summed E-state index contributed by atoms with van der Waals surface area (Å²) < 4.78 is 9.74. The molecule has 0 radical (unpaired) electrons. The van der Waals surface area contributed by atoms with Crippen LogP contribution in [0, 0.1) is 0 Å². The van der Waals surface area contributed by atoms with Crippen molar-refractivity contribution in [2.75, 3.05) is 7.11 Å². The summed E-state index contributed by atoms with van der Waals surface area (Å²) in [7, 11) is 1.27. The van der Waals surface area contributed by atoms with E-state index in [0.717, 1.165) is 5.56 Å². The second-order valence-corrected chi connectivity index (χ2v) is 5.52. The Labute approximate surface area is 124 Å². The van der Waals surface area contributed by atoms with Crippen molar-refractivity contribution in [1.82, 2.24) is 10.6 Å². The smallest absolute Gasteiger partial charge is 0.409 e. The first-order valence-corrected chi connectivity index (χ1v) is 6.68. The first-order chi connectivity index (χ1) is 9.80. The van der Waals surface area contributed by atoms with E-state index in [1.807, 2.05) is 30.3 Å².